The second-order valence-corrected chi connectivity index (χ2v) is 5.53. The Balaban J connectivity index is 1.90. The number of hydrogen-bond donors (Lipinski definition) is 2. The fourth-order valence-electron chi connectivity index (χ4n) is 1.88. The highest BCUT2D eigenvalue weighted by atomic mass is 32.2. The lowest BCUT2D eigenvalue weighted by molar-refractivity contribution is -0.383. The molecule has 0 radical (unpaired) electrons. The van der Waals surface area contributed by atoms with Crippen LogP contribution in [-0.2, 0) is 0 Å². The number of aromatic nitrogens is 3. The van der Waals surface area contributed by atoms with Gasteiger partial charge in [0.05, 0.1) is 4.92 Å². The third-order valence-corrected chi connectivity index (χ3v) is 3.95. The van der Waals surface area contributed by atoms with Crippen LogP contribution in [0.2, 0.25) is 0 Å². The second-order valence-electron chi connectivity index (χ2n) is 4.49. The molecule has 3 N–H and O–H groups in total. The molecule has 104 valence electrons. The Kier molecular flexibility index (Phi) is 2.97. The molecule has 0 unspecified atom stereocenters. The Morgan fingerprint density at radius 3 is 2.85 bits per heavy atom. The second kappa shape index (κ2) is 4.67. The number of anilines is 1. The summed E-state index contributed by atoms with van der Waals surface area (Å²) in [5, 5.41) is 17.6. The van der Waals surface area contributed by atoms with E-state index in [-0.39, 0.29) is 23.1 Å². The van der Waals surface area contributed by atoms with Gasteiger partial charge in [-0.1, -0.05) is 0 Å². The quantitative estimate of drug-likeness (QED) is 0.501. The molecule has 1 heterocycles. The summed E-state index contributed by atoms with van der Waals surface area (Å²) in [4.78, 5) is 22.5. The number of nitro groups is 1. The smallest absolute Gasteiger partial charge is 0.344 e. The van der Waals surface area contributed by atoms with Gasteiger partial charge in [0.1, 0.15) is 5.69 Å². The van der Waals surface area contributed by atoms with Gasteiger partial charge in [-0.05, 0) is 36.7 Å². The lowest BCUT2D eigenvalue weighted by atomic mass is 10.3. The van der Waals surface area contributed by atoms with Gasteiger partial charge in [-0.2, -0.15) is 0 Å². The van der Waals surface area contributed by atoms with Crippen molar-refractivity contribution in [2.45, 2.75) is 28.9 Å². The van der Waals surface area contributed by atoms with Crippen LogP contribution < -0.4 is 11.4 Å². The molecule has 1 aromatic heterocycles. The zero-order chi connectivity index (χ0) is 14.3. The predicted molar refractivity (Wildman–Crippen MR) is 72.8 cm³/mol. The Bertz CT molecular complexity index is 734. The molecule has 2 aromatic rings. The monoisotopic (exact) mass is 293 g/mol. The standard InChI is InChI=1S/C11H11N5O3S/c12-8-5-7(3-4-9(8)16(18)19)20-11-14-13-10(17)15(11)6-1-2-6/h3-6H,1-2,12H2,(H,13,17). The summed E-state index contributed by atoms with van der Waals surface area (Å²) >= 11 is 1.26. The van der Waals surface area contributed by atoms with Gasteiger partial charge in [0.2, 0.25) is 0 Å². The van der Waals surface area contributed by atoms with Crippen molar-refractivity contribution in [3.05, 3.63) is 38.8 Å². The number of nitro benzene ring substituents is 1. The number of benzene rings is 1. The minimum atomic E-state index is -0.529. The van der Waals surface area contributed by atoms with E-state index < -0.39 is 4.92 Å². The van der Waals surface area contributed by atoms with Crippen LogP contribution in [0.4, 0.5) is 11.4 Å². The summed E-state index contributed by atoms with van der Waals surface area (Å²) in [5.74, 6) is 0. The van der Waals surface area contributed by atoms with Crippen LogP contribution in [0, 0.1) is 10.1 Å². The lowest BCUT2D eigenvalue weighted by Gasteiger charge is -2.04. The number of nitrogens with zero attached hydrogens (tertiary/aromatic N) is 3. The number of H-pyrrole nitrogens is 1. The van der Waals surface area contributed by atoms with E-state index in [2.05, 4.69) is 10.2 Å². The molecule has 1 saturated carbocycles. The molecule has 1 fully saturated rings. The minimum absolute atomic E-state index is 0.0934. The van der Waals surface area contributed by atoms with E-state index in [1.807, 2.05) is 0 Å². The van der Waals surface area contributed by atoms with E-state index in [1.165, 1.54) is 23.9 Å². The zero-order valence-electron chi connectivity index (χ0n) is 10.3. The lowest BCUT2D eigenvalue weighted by Crippen LogP contribution is -2.15. The molecule has 1 aliphatic carbocycles. The third-order valence-electron chi connectivity index (χ3n) is 2.99. The van der Waals surface area contributed by atoms with Gasteiger partial charge in [0.25, 0.3) is 5.69 Å². The molecular weight excluding hydrogens is 282 g/mol. The highest BCUT2D eigenvalue weighted by Gasteiger charge is 2.28. The van der Waals surface area contributed by atoms with Crippen molar-refractivity contribution in [1.29, 1.82) is 0 Å². The predicted octanol–water partition coefficient (Wildman–Crippen LogP) is 1.55. The van der Waals surface area contributed by atoms with Gasteiger partial charge in [0.15, 0.2) is 5.16 Å². The van der Waals surface area contributed by atoms with Gasteiger partial charge >= 0.3 is 5.69 Å². The largest absolute Gasteiger partial charge is 0.393 e. The highest BCUT2D eigenvalue weighted by molar-refractivity contribution is 7.99. The maximum absolute atomic E-state index is 11.6. The molecule has 0 spiro atoms. The van der Waals surface area contributed by atoms with Gasteiger partial charge in [0, 0.05) is 17.0 Å². The average molecular weight is 293 g/mol. The Morgan fingerprint density at radius 1 is 1.50 bits per heavy atom. The molecule has 0 saturated heterocycles. The number of nitrogen functional groups attached to an aromatic ring is 1. The summed E-state index contributed by atoms with van der Waals surface area (Å²) in [6, 6.07) is 4.66. The molecule has 3 rings (SSSR count). The normalized spacial score (nSPS) is 14.4. The molecule has 0 amide bonds. The van der Waals surface area contributed by atoms with Crippen LogP contribution in [0.3, 0.4) is 0 Å². The molecule has 1 aromatic carbocycles. The molecule has 8 nitrogen and oxygen atoms in total. The summed E-state index contributed by atoms with van der Waals surface area (Å²) in [5.41, 5.74) is 5.37. The van der Waals surface area contributed by atoms with Crippen molar-refractivity contribution in [1.82, 2.24) is 14.8 Å². The fraction of sp³-hybridized carbons (Fsp3) is 0.273. The van der Waals surface area contributed by atoms with Crippen molar-refractivity contribution < 1.29 is 4.92 Å². The molecular formula is C11H11N5O3S. The van der Waals surface area contributed by atoms with Crippen molar-refractivity contribution in [2.75, 3.05) is 5.73 Å². The van der Waals surface area contributed by atoms with Crippen LogP contribution in [0.25, 0.3) is 0 Å². The SMILES string of the molecule is Nc1cc(Sc2n[nH]c(=O)n2C2CC2)ccc1[N+](=O)[O-]. The molecule has 0 atom stereocenters. The first-order valence-corrected chi connectivity index (χ1v) is 6.76. The number of rotatable bonds is 4. The first kappa shape index (κ1) is 12.7. The van der Waals surface area contributed by atoms with E-state index in [0.717, 1.165) is 12.8 Å². The number of aromatic amines is 1. The number of hydrogen-bond acceptors (Lipinski definition) is 6. The number of nitrogens with one attached hydrogen (secondary N) is 1. The summed E-state index contributed by atoms with van der Waals surface area (Å²) < 4.78 is 1.61. The van der Waals surface area contributed by atoms with Crippen molar-refractivity contribution in [2.24, 2.45) is 0 Å². The third kappa shape index (κ3) is 2.27. The molecule has 9 heteroatoms. The fourth-order valence-corrected chi connectivity index (χ4v) is 2.84. The van der Waals surface area contributed by atoms with E-state index in [1.54, 1.807) is 10.6 Å². The van der Waals surface area contributed by atoms with Gasteiger partial charge in [-0.3, -0.25) is 14.7 Å². The summed E-state index contributed by atoms with van der Waals surface area (Å²) in [7, 11) is 0. The van der Waals surface area contributed by atoms with Crippen LogP contribution in [0.5, 0.6) is 0 Å². The first-order chi connectivity index (χ1) is 9.56. The first-order valence-electron chi connectivity index (χ1n) is 5.95. The maximum atomic E-state index is 11.6. The molecule has 0 aliphatic heterocycles. The topological polar surface area (TPSA) is 120 Å². The maximum Gasteiger partial charge on any atom is 0.344 e. The van der Waals surface area contributed by atoms with E-state index in [4.69, 9.17) is 5.73 Å². The van der Waals surface area contributed by atoms with E-state index >= 15 is 0 Å². The van der Waals surface area contributed by atoms with Crippen LogP contribution >= 0.6 is 11.8 Å². The van der Waals surface area contributed by atoms with Crippen LogP contribution in [0.15, 0.2) is 33.0 Å². The van der Waals surface area contributed by atoms with Gasteiger partial charge < -0.3 is 5.73 Å². The van der Waals surface area contributed by atoms with E-state index in [9.17, 15) is 14.9 Å². The average Bonchev–Trinajstić information content (AvgIpc) is 3.15. The van der Waals surface area contributed by atoms with Crippen LogP contribution in [-0.4, -0.2) is 19.7 Å². The van der Waals surface area contributed by atoms with Gasteiger partial charge in [-0.25, -0.2) is 9.89 Å². The Labute approximate surface area is 117 Å². The highest BCUT2D eigenvalue weighted by Crippen LogP contribution is 2.38. The van der Waals surface area contributed by atoms with Crippen LogP contribution in [0.1, 0.15) is 18.9 Å². The minimum Gasteiger partial charge on any atom is -0.393 e. The summed E-state index contributed by atoms with van der Waals surface area (Å²) in [6.45, 7) is 0. The Morgan fingerprint density at radius 2 is 2.25 bits per heavy atom. The van der Waals surface area contributed by atoms with Crippen molar-refractivity contribution in [3.8, 4) is 0 Å². The van der Waals surface area contributed by atoms with Crippen molar-refractivity contribution in [3.63, 3.8) is 0 Å². The molecule has 20 heavy (non-hydrogen) atoms. The van der Waals surface area contributed by atoms with Gasteiger partial charge in [-0.15, -0.1) is 5.10 Å². The number of nitrogens with two attached hydrogens (primary N) is 1. The van der Waals surface area contributed by atoms with Crippen molar-refractivity contribution >= 4 is 23.1 Å². The summed E-state index contributed by atoms with van der Waals surface area (Å²) in [6.07, 6.45) is 1.94. The zero-order valence-corrected chi connectivity index (χ0v) is 11.1. The molecule has 0 bridgehead atoms. The van der Waals surface area contributed by atoms with E-state index in [0.29, 0.717) is 10.1 Å². The Hall–Kier alpha value is -2.29. The molecule has 1 aliphatic rings.